The standard InChI is InChI=1S/C21H28FN3O2.HI/c1-4-23-21(24-11-10-16-8-9-18(22)12-15(16)2)25-14-20(26)17-6-5-7-19(13-17)27-3;/h5-9,12-13,20,26H,4,10-11,14H2,1-3H3,(H2,23,24,25);1H. The summed E-state index contributed by atoms with van der Waals surface area (Å²) < 4.78 is 18.4. The zero-order chi connectivity index (χ0) is 19.6. The van der Waals surface area contributed by atoms with Crippen molar-refractivity contribution < 1.29 is 14.2 Å². The first kappa shape index (κ1) is 24.2. The van der Waals surface area contributed by atoms with E-state index in [0.29, 0.717) is 18.3 Å². The van der Waals surface area contributed by atoms with E-state index < -0.39 is 6.10 Å². The minimum Gasteiger partial charge on any atom is -0.497 e. The lowest BCUT2D eigenvalue weighted by molar-refractivity contribution is 0.186. The molecule has 0 heterocycles. The van der Waals surface area contributed by atoms with Crippen molar-refractivity contribution in [2.24, 2.45) is 4.99 Å². The number of halogens is 2. The van der Waals surface area contributed by atoms with Crippen molar-refractivity contribution in [3.8, 4) is 5.75 Å². The van der Waals surface area contributed by atoms with Crippen LogP contribution in [0.25, 0.3) is 0 Å². The van der Waals surface area contributed by atoms with Crippen molar-refractivity contribution in [3.63, 3.8) is 0 Å². The van der Waals surface area contributed by atoms with Crippen molar-refractivity contribution in [2.45, 2.75) is 26.4 Å². The number of benzene rings is 2. The third kappa shape index (κ3) is 7.63. The minimum absolute atomic E-state index is 0. The molecule has 154 valence electrons. The van der Waals surface area contributed by atoms with Gasteiger partial charge in [-0.1, -0.05) is 18.2 Å². The summed E-state index contributed by atoms with van der Waals surface area (Å²) in [6.45, 7) is 5.50. The summed E-state index contributed by atoms with van der Waals surface area (Å²) in [4.78, 5) is 4.46. The summed E-state index contributed by atoms with van der Waals surface area (Å²) in [7, 11) is 1.60. The zero-order valence-electron chi connectivity index (χ0n) is 16.5. The molecule has 0 radical (unpaired) electrons. The van der Waals surface area contributed by atoms with Crippen molar-refractivity contribution in [3.05, 3.63) is 65.0 Å². The number of hydrogen-bond donors (Lipinski definition) is 3. The summed E-state index contributed by atoms with van der Waals surface area (Å²) >= 11 is 0. The molecule has 0 spiro atoms. The van der Waals surface area contributed by atoms with Crippen molar-refractivity contribution in [1.82, 2.24) is 10.6 Å². The number of aliphatic hydroxyl groups is 1. The molecule has 0 saturated carbocycles. The molecule has 5 nitrogen and oxygen atoms in total. The van der Waals surface area contributed by atoms with Crippen LogP contribution in [0.4, 0.5) is 4.39 Å². The second kappa shape index (κ2) is 12.6. The number of nitrogens with zero attached hydrogens (tertiary/aromatic N) is 1. The maximum absolute atomic E-state index is 13.2. The van der Waals surface area contributed by atoms with Crippen LogP contribution in [-0.4, -0.2) is 37.8 Å². The third-order valence-electron chi connectivity index (χ3n) is 4.24. The molecule has 7 heteroatoms. The van der Waals surface area contributed by atoms with E-state index in [-0.39, 0.29) is 36.3 Å². The second-order valence-electron chi connectivity index (χ2n) is 6.26. The number of nitrogens with one attached hydrogen (secondary N) is 2. The number of guanidine groups is 1. The van der Waals surface area contributed by atoms with Gasteiger partial charge in [0.15, 0.2) is 5.96 Å². The van der Waals surface area contributed by atoms with Crippen LogP contribution in [-0.2, 0) is 6.42 Å². The second-order valence-corrected chi connectivity index (χ2v) is 6.26. The van der Waals surface area contributed by atoms with E-state index in [1.807, 2.05) is 38.1 Å². The Morgan fingerprint density at radius 1 is 1.21 bits per heavy atom. The van der Waals surface area contributed by atoms with E-state index in [9.17, 15) is 9.50 Å². The Bertz CT molecular complexity index is 771. The molecule has 2 rings (SSSR count). The molecule has 2 aromatic carbocycles. The highest BCUT2D eigenvalue weighted by molar-refractivity contribution is 14.0. The molecule has 1 atom stereocenters. The average Bonchev–Trinajstić information content (AvgIpc) is 2.67. The highest BCUT2D eigenvalue weighted by Gasteiger charge is 2.09. The fourth-order valence-electron chi connectivity index (χ4n) is 2.73. The molecular formula is C21H29FIN3O2. The van der Waals surface area contributed by atoms with Crippen molar-refractivity contribution >= 4 is 29.9 Å². The first-order valence-electron chi connectivity index (χ1n) is 9.12. The Kier molecular flexibility index (Phi) is 10.8. The van der Waals surface area contributed by atoms with Crippen LogP contribution in [0.5, 0.6) is 5.75 Å². The third-order valence-corrected chi connectivity index (χ3v) is 4.24. The van der Waals surface area contributed by atoms with Gasteiger partial charge in [-0.15, -0.1) is 24.0 Å². The van der Waals surface area contributed by atoms with Crippen LogP contribution in [0.2, 0.25) is 0 Å². The Morgan fingerprint density at radius 3 is 2.68 bits per heavy atom. The Morgan fingerprint density at radius 2 is 2.00 bits per heavy atom. The quantitative estimate of drug-likeness (QED) is 0.294. The zero-order valence-corrected chi connectivity index (χ0v) is 18.9. The number of hydrogen-bond acceptors (Lipinski definition) is 3. The van der Waals surface area contributed by atoms with Crippen molar-refractivity contribution in [1.29, 1.82) is 0 Å². The highest BCUT2D eigenvalue weighted by Crippen LogP contribution is 2.19. The van der Waals surface area contributed by atoms with Crippen LogP contribution in [0, 0.1) is 12.7 Å². The van der Waals surface area contributed by atoms with Gasteiger partial charge in [0, 0.05) is 13.1 Å². The maximum atomic E-state index is 13.2. The van der Waals surface area contributed by atoms with Gasteiger partial charge in [-0.3, -0.25) is 4.99 Å². The maximum Gasteiger partial charge on any atom is 0.191 e. The normalized spacial score (nSPS) is 12.1. The number of ether oxygens (including phenoxy) is 1. The number of rotatable bonds is 8. The number of aliphatic hydroxyl groups excluding tert-OH is 1. The van der Waals surface area contributed by atoms with Gasteiger partial charge in [0.2, 0.25) is 0 Å². The minimum atomic E-state index is -0.713. The van der Waals surface area contributed by atoms with Gasteiger partial charge in [-0.2, -0.15) is 0 Å². The van der Waals surface area contributed by atoms with E-state index in [2.05, 4.69) is 15.6 Å². The summed E-state index contributed by atoms with van der Waals surface area (Å²) in [5.41, 5.74) is 2.79. The Hall–Kier alpha value is -1.87. The molecule has 1 unspecified atom stereocenters. The van der Waals surface area contributed by atoms with Gasteiger partial charge in [0.25, 0.3) is 0 Å². The van der Waals surface area contributed by atoms with E-state index in [1.54, 1.807) is 19.2 Å². The molecule has 0 aliphatic carbocycles. The smallest absolute Gasteiger partial charge is 0.191 e. The Balaban J connectivity index is 0.00000392. The average molecular weight is 501 g/mol. The van der Waals surface area contributed by atoms with E-state index in [0.717, 1.165) is 29.7 Å². The molecule has 2 aromatic rings. The molecule has 0 aliphatic rings. The van der Waals surface area contributed by atoms with Crippen LogP contribution in [0.1, 0.15) is 29.7 Å². The van der Waals surface area contributed by atoms with E-state index in [1.165, 1.54) is 6.07 Å². The SMILES string of the molecule is CCNC(=NCC(O)c1cccc(OC)c1)NCCc1ccc(F)cc1C.I. The largest absolute Gasteiger partial charge is 0.497 e. The summed E-state index contributed by atoms with van der Waals surface area (Å²) in [6, 6.07) is 12.2. The molecule has 28 heavy (non-hydrogen) atoms. The van der Waals surface area contributed by atoms with Crippen LogP contribution < -0.4 is 15.4 Å². The van der Waals surface area contributed by atoms with Gasteiger partial charge in [-0.25, -0.2) is 4.39 Å². The number of methoxy groups -OCH3 is 1. The summed E-state index contributed by atoms with van der Waals surface area (Å²) in [5, 5.41) is 16.8. The van der Waals surface area contributed by atoms with Gasteiger partial charge in [-0.05, 0) is 61.2 Å². The molecular weight excluding hydrogens is 472 g/mol. The molecule has 0 fully saturated rings. The number of aryl methyl sites for hydroxylation is 1. The van der Waals surface area contributed by atoms with E-state index >= 15 is 0 Å². The summed E-state index contributed by atoms with van der Waals surface area (Å²) in [5.74, 6) is 1.13. The van der Waals surface area contributed by atoms with Gasteiger partial charge >= 0.3 is 0 Å². The first-order valence-corrected chi connectivity index (χ1v) is 9.12. The van der Waals surface area contributed by atoms with E-state index in [4.69, 9.17) is 4.74 Å². The highest BCUT2D eigenvalue weighted by atomic mass is 127. The predicted molar refractivity (Wildman–Crippen MR) is 122 cm³/mol. The molecule has 0 amide bonds. The molecule has 3 N–H and O–H groups in total. The lowest BCUT2D eigenvalue weighted by Gasteiger charge is -2.14. The summed E-state index contributed by atoms with van der Waals surface area (Å²) in [6.07, 6.45) is 0.0458. The Labute approximate surface area is 183 Å². The predicted octanol–water partition coefficient (Wildman–Crippen LogP) is 3.59. The van der Waals surface area contributed by atoms with Crippen molar-refractivity contribution in [2.75, 3.05) is 26.7 Å². The molecule has 0 bridgehead atoms. The van der Waals surface area contributed by atoms with Crippen LogP contribution in [0.3, 0.4) is 0 Å². The van der Waals surface area contributed by atoms with Gasteiger partial charge in [0.1, 0.15) is 11.6 Å². The monoisotopic (exact) mass is 501 g/mol. The molecule has 0 saturated heterocycles. The van der Waals surface area contributed by atoms with Gasteiger partial charge in [0.05, 0.1) is 19.8 Å². The lowest BCUT2D eigenvalue weighted by Crippen LogP contribution is -2.38. The lowest BCUT2D eigenvalue weighted by atomic mass is 10.1. The fourth-order valence-corrected chi connectivity index (χ4v) is 2.73. The van der Waals surface area contributed by atoms with Crippen LogP contribution >= 0.6 is 24.0 Å². The topological polar surface area (TPSA) is 65.9 Å². The van der Waals surface area contributed by atoms with Gasteiger partial charge < -0.3 is 20.5 Å². The van der Waals surface area contributed by atoms with Crippen LogP contribution in [0.15, 0.2) is 47.5 Å². The first-order chi connectivity index (χ1) is 13.0. The fraction of sp³-hybridized carbons (Fsp3) is 0.381. The molecule has 0 aromatic heterocycles. The number of aliphatic imine (C=N–C) groups is 1. The molecule has 0 aliphatic heterocycles.